The molecular formula is C26H31N5O2. The fraction of sp³-hybridized carbons (Fsp3) is 0.423. The minimum Gasteiger partial charge on any atom is -0.338 e. The van der Waals surface area contributed by atoms with E-state index in [9.17, 15) is 4.79 Å². The Kier molecular flexibility index (Phi) is 6.51. The minimum atomic E-state index is 0.0878. The molecule has 7 nitrogen and oxygen atoms in total. The zero-order valence-electron chi connectivity index (χ0n) is 19.2. The Hall–Kier alpha value is -3.03. The van der Waals surface area contributed by atoms with Crippen molar-refractivity contribution in [1.82, 2.24) is 19.9 Å². The molecule has 3 aromatic rings. The lowest BCUT2D eigenvalue weighted by Gasteiger charge is -2.33. The maximum Gasteiger partial charge on any atom is 0.241 e. The molecule has 1 aliphatic carbocycles. The summed E-state index contributed by atoms with van der Waals surface area (Å²) in [6.45, 7) is 7.22. The first-order valence-corrected chi connectivity index (χ1v) is 11.9. The number of carbonyl (C=O) groups is 1. The second-order valence-corrected chi connectivity index (χ2v) is 9.13. The summed E-state index contributed by atoms with van der Waals surface area (Å²) >= 11 is 0. The minimum absolute atomic E-state index is 0.0878. The Balaban J connectivity index is 1.04. The largest absolute Gasteiger partial charge is 0.338 e. The summed E-state index contributed by atoms with van der Waals surface area (Å²) in [6, 6.07) is 14.5. The van der Waals surface area contributed by atoms with Crippen molar-refractivity contribution in [3.8, 4) is 11.4 Å². The highest BCUT2D eigenvalue weighted by atomic mass is 16.5. The standard InChI is InChI=1S/C26H31N5O2/c1-19-5-7-21(8-6-19)26-28-25(33-29-26)18-31-15-13-30(14-16-31)12-11-24(32)27-23-10-9-20-3-2-4-22(20)17-23/h5-10,17H,2-4,11-16,18H2,1H3,(H,27,32). The Morgan fingerprint density at radius 1 is 1.00 bits per heavy atom. The van der Waals surface area contributed by atoms with Gasteiger partial charge in [0.05, 0.1) is 6.54 Å². The van der Waals surface area contributed by atoms with Crippen LogP contribution in [-0.2, 0) is 24.2 Å². The van der Waals surface area contributed by atoms with Crippen LogP contribution in [0.1, 0.15) is 35.4 Å². The molecule has 0 bridgehead atoms. The number of hydrogen-bond acceptors (Lipinski definition) is 6. The number of anilines is 1. The number of carbonyl (C=O) groups excluding carboxylic acids is 1. The molecule has 1 saturated heterocycles. The fourth-order valence-corrected chi connectivity index (χ4v) is 4.63. The zero-order chi connectivity index (χ0) is 22.6. The van der Waals surface area contributed by atoms with E-state index in [-0.39, 0.29) is 5.91 Å². The van der Waals surface area contributed by atoms with Crippen LogP contribution >= 0.6 is 0 Å². The molecular weight excluding hydrogens is 414 g/mol. The second kappa shape index (κ2) is 9.85. The number of nitrogens with zero attached hydrogens (tertiary/aromatic N) is 4. The van der Waals surface area contributed by atoms with E-state index in [0.29, 0.717) is 24.7 Å². The number of piperazine rings is 1. The van der Waals surface area contributed by atoms with Crippen LogP contribution in [0.3, 0.4) is 0 Å². The predicted octanol–water partition coefficient (Wildman–Crippen LogP) is 3.68. The molecule has 1 aromatic heterocycles. The average Bonchev–Trinajstić information content (AvgIpc) is 3.48. The molecule has 7 heteroatoms. The molecule has 2 aliphatic rings. The van der Waals surface area contributed by atoms with E-state index in [0.717, 1.165) is 56.8 Å². The van der Waals surface area contributed by atoms with Crippen LogP contribution in [0.4, 0.5) is 5.69 Å². The van der Waals surface area contributed by atoms with Crippen molar-refractivity contribution in [2.75, 3.05) is 38.0 Å². The molecule has 1 amide bonds. The third kappa shape index (κ3) is 5.49. The molecule has 2 aromatic carbocycles. The maximum absolute atomic E-state index is 12.4. The second-order valence-electron chi connectivity index (χ2n) is 9.13. The lowest BCUT2D eigenvalue weighted by atomic mass is 10.1. The van der Waals surface area contributed by atoms with E-state index in [1.165, 1.54) is 23.1 Å². The molecule has 33 heavy (non-hydrogen) atoms. The number of benzene rings is 2. The zero-order valence-corrected chi connectivity index (χ0v) is 19.2. The highest BCUT2D eigenvalue weighted by molar-refractivity contribution is 5.91. The third-order valence-electron chi connectivity index (χ3n) is 6.64. The normalized spacial score (nSPS) is 16.6. The van der Waals surface area contributed by atoms with E-state index >= 15 is 0 Å². The lowest BCUT2D eigenvalue weighted by Crippen LogP contribution is -2.46. The first-order chi connectivity index (χ1) is 16.1. The van der Waals surface area contributed by atoms with E-state index in [2.05, 4.69) is 56.4 Å². The summed E-state index contributed by atoms with van der Waals surface area (Å²) in [5, 5.41) is 7.20. The first-order valence-electron chi connectivity index (χ1n) is 11.9. The molecule has 1 aliphatic heterocycles. The summed E-state index contributed by atoms with van der Waals surface area (Å²) in [5.74, 6) is 1.37. The Morgan fingerprint density at radius 3 is 2.58 bits per heavy atom. The van der Waals surface area contributed by atoms with E-state index in [1.807, 2.05) is 18.2 Å². The van der Waals surface area contributed by atoms with Crippen molar-refractivity contribution in [2.24, 2.45) is 0 Å². The third-order valence-corrected chi connectivity index (χ3v) is 6.64. The van der Waals surface area contributed by atoms with Crippen molar-refractivity contribution in [2.45, 2.75) is 39.2 Å². The quantitative estimate of drug-likeness (QED) is 0.598. The molecule has 2 heterocycles. The van der Waals surface area contributed by atoms with Crippen LogP contribution in [0, 0.1) is 6.92 Å². The number of amides is 1. The van der Waals surface area contributed by atoms with Gasteiger partial charge in [-0.05, 0) is 49.4 Å². The molecule has 5 rings (SSSR count). The van der Waals surface area contributed by atoms with Crippen molar-refractivity contribution < 1.29 is 9.32 Å². The van der Waals surface area contributed by atoms with Gasteiger partial charge in [0.2, 0.25) is 17.6 Å². The fourth-order valence-electron chi connectivity index (χ4n) is 4.63. The topological polar surface area (TPSA) is 74.5 Å². The number of nitrogens with one attached hydrogen (secondary N) is 1. The summed E-state index contributed by atoms with van der Waals surface area (Å²) in [7, 11) is 0. The molecule has 0 unspecified atom stereocenters. The van der Waals surface area contributed by atoms with E-state index in [4.69, 9.17) is 4.52 Å². The average molecular weight is 446 g/mol. The SMILES string of the molecule is Cc1ccc(-c2noc(CN3CCN(CCC(=O)Nc4ccc5c(c4)CCC5)CC3)n2)cc1. The monoisotopic (exact) mass is 445 g/mol. The predicted molar refractivity (Wildman–Crippen MR) is 128 cm³/mol. The van der Waals surface area contributed by atoms with Gasteiger partial charge in [-0.2, -0.15) is 4.98 Å². The molecule has 0 radical (unpaired) electrons. The van der Waals surface area contributed by atoms with Crippen LogP contribution in [0.15, 0.2) is 47.0 Å². The number of rotatable bonds is 7. The van der Waals surface area contributed by atoms with Crippen molar-refractivity contribution in [1.29, 1.82) is 0 Å². The Labute approximate surface area is 194 Å². The van der Waals surface area contributed by atoms with Crippen molar-refractivity contribution in [3.05, 3.63) is 65.0 Å². The van der Waals surface area contributed by atoms with Gasteiger partial charge in [-0.3, -0.25) is 9.69 Å². The lowest BCUT2D eigenvalue weighted by molar-refractivity contribution is -0.116. The number of fused-ring (bicyclic) bond motifs is 1. The molecule has 1 fully saturated rings. The Morgan fingerprint density at radius 2 is 1.76 bits per heavy atom. The summed E-state index contributed by atoms with van der Waals surface area (Å²) in [5.41, 5.74) is 5.92. The molecule has 0 spiro atoms. The molecule has 0 saturated carbocycles. The Bertz CT molecular complexity index is 1100. The van der Waals surface area contributed by atoms with Gasteiger partial charge in [0.1, 0.15) is 0 Å². The van der Waals surface area contributed by atoms with Gasteiger partial charge in [-0.15, -0.1) is 0 Å². The molecule has 172 valence electrons. The molecule has 0 atom stereocenters. The van der Waals surface area contributed by atoms with Crippen LogP contribution in [-0.4, -0.2) is 58.6 Å². The van der Waals surface area contributed by atoms with Crippen LogP contribution < -0.4 is 5.32 Å². The number of hydrogen-bond donors (Lipinski definition) is 1. The van der Waals surface area contributed by atoms with Crippen LogP contribution in [0.5, 0.6) is 0 Å². The number of aryl methyl sites for hydroxylation is 3. The van der Waals surface area contributed by atoms with Crippen LogP contribution in [0.25, 0.3) is 11.4 Å². The number of aromatic nitrogens is 2. The van der Waals surface area contributed by atoms with Gasteiger partial charge in [-0.25, -0.2) is 0 Å². The van der Waals surface area contributed by atoms with Crippen molar-refractivity contribution >= 4 is 11.6 Å². The maximum atomic E-state index is 12.4. The van der Waals surface area contributed by atoms with Gasteiger partial charge in [-0.1, -0.05) is 41.1 Å². The van der Waals surface area contributed by atoms with E-state index < -0.39 is 0 Å². The first kappa shape index (κ1) is 21.8. The molecule has 1 N–H and O–H groups in total. The smallest absolute Gasteiger partial charge is 0.241 e. The summed E-state index contributed by atoms with van der Waals surface area (Å²) in [6.07, 6.45) is 4.02. The highest BCUT2D eigenvalue weighted by Gasteiger charge is 2.20. The van der Waals surface area contributed by atoms with Crippen LogP contribution in [0.2, 0.25) is 0 Å². The van der Waals surface area contributed by atoms with Gasteiger partial charge < -0.3 is 14.7 Å². The van der Waals surface area contributed by atoms with Crippen molar-refractivity contribution in [3.63, 3.8) is 0 Å². The highest BCUT2D eigenvalue weighted by Crippen LogP contribution is 2.25. The summed E-state index contributed by atoms with van der Waals surface area (Å²) in [4.78, 5) is 21.7. The van der Waals surface area contributed by atoms with E-state index in [1.54, 1.807) is 0 Å². The van der Waals surface area contributed by atoms with Gasteiger partial charge in [0, 0.05) is 50.4 Å². The van der Waals surface area contributed by atoms with Gasteiger partial charge in [0.15, 0.2) is 0 Å². The van der Waals surface area contributed by atoms with Gasteiger partial charge in [0.25, 0.3) is 0 Å². The van der Waals surface area contributed by atoms with Gasteiger partial charge >= 0.3 is 0 Å². The summed E-state index contributed by atoms with van der Waals surface area (Å²) < 4.78 is 5.47.